The van der Waals surface area contributed by atoms with Crippen LogP contribution in [-0.2, 0) is 4.79 Å². The van der Waals surface area contributed by atoms with Gasteiger partial charge in [-0.25, -0.2) is 0 Å². The first kappa shape index (κ1) is 24.9. The Morgan fingerprint density at radius 3 is 2.52 bits per heavy atom. The zero-order valence-corrected chi connectivity index (χ0v) is 20.5. The Labute approximate surface area is 190 Å². The average Bonchev–Trinajstić information content (AvgIpc) is 2.73. The van der Waals surface area contributed by atoms with Crippen molar-refractivity contribution in [2.24, 2.45) is 11.8 Å². The first-order chi connectivity index (χ1) is 14.9. The predicted molar refractivity (Wildman–Crippen MR) is 127 cm³/mol. The molecular formula is C24H49N6O+. The molecule has 6 atom stereocenters. The summed E-state index contributed by atoms with van der Waals surface area (Å²) in [6.45, 7) is 5.39. The van der Waals surface area contributed by atoms with E-state index in [2.05, 4.69) is 42.3 Å². The van der Waals surface area contributed by atoms with Gasteiger partial charge in [-0.1, -0.05) is 26.2 Å². The van der Waals surface area contributed by atoms with Crippen molar-refractivity contribution >= 4 is 5.91 Å². The van der Waals surface area contributed by atoms with E-state index in [0.29, 0.717) is 24.2 Å². The van der Waals surface area contributed by atoms with Crippen molar-refractivity contribution in [1.82, 2.24) is 26.2 Å². The number of quaternary nitrogens is 1. The number of hydrogen-bond acceptors (Lipinski definition) is 5. The lowest BCUT2D eigenvalue weighted by Crippen LogP contribution is -3.05. The summed E-state index contributed by atoms with van der Waals surface area (Å²) in [5, 5.41) is 15.0. The van der Waals surface area contributed by atoms with Crippen molar-refractivity contribution in [2.75, 3.05) is 40.8 Å². The molecule has 6 unspecified atom stereocenters. The molecule has 3 fully saturated rings. The van der Waals surface area contributed by atoms with Gasteiger partial charge in [-0.15, -0.1) is 0 Å². The van der Waals surface area contributed by atoms with Gasteiger partial charge in [-0.3, -0.25) is 26.1 Å². The summed E-state index contributed by atoms with van der Waals surface area (Å²) in [6, 6.07) is 1.06. The summed E-state index contributed by atoms with van der Waals surface area (Å²) in [5.41, 5.74) is 0. The fourth-order valence-corrected chi connectivity index (χ4v) is 5.72. The molecular weight excluding hydrogens is 388 g/mol. The SMILES string of the molecule is CC1CCCC(NC2NCCC(NC3CCCC(C(=O)N(C)CCC[NH+](C)C)C3)N2)C1. The monoisotopic (exact) mass is 437 g/mol. The Kier molecular flexibility index (Phi) is 10.0. The average molecular weight is 438 g/mol. The molecule has 2 saturated carbocycles. The lowest BCUT2D eigenvalue weighted by molar-refractivity contribution is -0.858. The normalized spacial score (nSPS) is 34.6. The Hall–Kier alpha value is -0.730. The van der Waals surface area contributed by atoms with Gasteiger partial charge in [0.2, 0.25) is 5.91 Å². The van der Waals surface area contributed by atoms with Crippen LogP contribution in [0.2, 0.25) is 0 Å². The molecule has 1 saturated heterocycles. The van der Waals surface area contributed by atoms with E-state index in [-0.39, 0.29) is 12.2 Å². The Morgan fingerprint density at radius 1 is 1.03 bits per heavy atom. The maximum atomic E-state index is 13.0. The lowest BCUT2D eigenvalue weighted by Gasteiger charge is -2.40. The maximum Gasteiger partial charge on any atom is 0.225 e. The molecule has 31 heavy (non-hydrogen) atoms. The molecule has 2 aliphatic carbocycles. The van der Waals surface area contributed by atoms with E-state index in [1.54, 1.807) is 0 Å². The third-order valence-electron chi connectivity index (χ3n) is 7.49. The molecule has 0 aromatic rings. The highest BCUT2D eigenvalue weighted by Crippen LogP contribution is 2.27. The number of hydrogen-bond donors (Lipinski definition) is 5. The summed E-state index contributed by atoms with van der Waals surface area (Å²) >= 11 is 0. The van der Waals surface area contributed by atoms with Gasteiger partial charge in [0, 0.05) is 44.6 Å². The van der Waals surface area contributed by atoms with Gasteiger partial charge < -0.3 is 9.80 Å². The minimum atomic E-state index is 0.183. The van der Waals surface area contributed by atoms with Crippen LogP contribution in [-0.4, -0.2) is 76.1 Å². The first-order valence-corrected chi connectivity index (χ1v) is 13.0. The molecule has 1 heterocycles. The summed E-state index contributed by atoms with van der Waals surface area (Å²) in [6.07, 6.45) is 12.3. The van der Waals surface area contributed by atoms with E-state index in [1.807, 2.05) is 11.9 Å². The summed E-state index contributed by atoms with van der Waals surface area (Å²) in [7, 11) is 6.33. The van der Waals surface area contributed by atoms with Crippen LogP contribution in [0.1, 0.15) is 71.1 Å². The molecule has 0 aromatic heterocycles. The minimum Gasteiger partial charge on any atom is -0.345 e. The van der Waals surface area contributed by atoms with E-state index in [9.17, 15) is 4.79 Å². The van der Waals surface area contributed by atoms with Gasteiger partial charge in [-0.2, -0.15) is 0 Å². The van der Waals surface area contributed by atoms with Gasteiger partial charge >= 0.3 is 0 Å². The van der Waals surface area contributed by atoms with E-state index in [1.165, 1.54) is 37.0 Å². The molecule has 1 aliphatic heterocycles. The highest BCUT2D eigenvalue weighted by atomic mass is 16.2. The van der Waals surface area contributed by atoms with Crippen molar-refractivity contribution < 1.29 is 9.69 Å². The first-order valence-electron chi connectivity index (χ1n) is 13.0. The summed E-state index contributed by atoms with van der Waals surface area (Å²) in [5.74, 6) is 1.37. The van der Waals surface area contributed by atoms with E-state index < -0.39 is 0 Å². The Bertz CT molecular complexity index is 544. The van der Waals surface area contributed by atoms with Gasteiger partial charge in [0.1, 0.15) is 6.29 Å². The van der Waals surface area contributed by atoms with Crippen LogP contribution in [0.4, 0.5) is 0 Å². The standard InChI is InChI=1S/C24H48N6O/c1-18-8-5-10-20(16-18)27-24-25-13-12-22(28-24)26-21-11-6-9-19(17-21)23(31)30(4)15-7-14-29(2)3/h18-22,24-28H,5-17H2,1-4H3/p+1. The predicted octanol–water partition coefficient (Wildman–Crippen LogP) is 0.489. The largest absolute Gasteiger partial charge is 0.345 e. The molecule has 0 spiro atoms. The van der Waals surface area contributed by atoms with Crippen LogP contribution < -0.4 is 26.2 Å². The Morgan fingerprint density at radius 2 is 1.77 bits per heavy atom. The Balaban J connectivity index is 1.41. The van der Waals surface area contributed by atoms with Crippen molar-refractivity contribution in [2.45, 2.75) is 95.7 Å². The number of amides is 1. The second-order valence-corrected chi connectivity index (χ2v) is 10.8. The highest BCUT2D eigenvalue weighted by Gasteiger charge is 2.32. The molecule has 3 rings (SSSR count). The van der Waals surface area contributed by atoms with Crippen molar-refractivity contribution in [3.05, 3.63) is 0 Å². The number of carbonyl (C=O) groups excluding carboxylic acids is 1. The zero-order valence-electron chi connectivity index (χ0n) is 20.5. The minimum absolute atomic E-state index is 0.183. The van der Waals surface area contributed by atoms with Crippen LogP contribution in [0.3, 0.4) is 0 Å². The lowest BCUT2D eigenvalue weighted by atomic mass is 9.84. The van der Waals surface area contributed by atoms with Gasteiger partial charge in [0.05, 0.1) is 26.8 Å². The number of nitrogens with zero attached hydrogens (tertiary/aromatic N) is 1. The molecule has 3 aliphatic rings. The van der Waals surface area contributed by atoms with Crippen LogP contribution in [0, 0.1) is 11.8 Å². The zero-order chi connectivity index (χ0) is 22.2. The van der Waals surface area contributed by atoms with Crippen molar-refractivity contribution in [3.63, 3.8) is 0 Å². The van der Waals surface area contributed by atoms with Gasteiger partial charge in [0.15, 0.2) is 0 Å². The fraction of sp³-hybridized carbons (Fsp3) is 0.958. The van der Waals surface area contributed by atoms with Crippen LogP contribution in [0.15, 0.2) is 0 Å². The third kappa shape index (κ3) is 8.28. The molecule has 7 nitrogen and oxygen atoms in total. The molecule has 1 amide bonds. The van der Waals surface area contributed by atoms with Crippen LogP contribution in [0.25, 0.3) is 0 Å². The fourth-order valence-electron chi connectivity index (χ4n) is 5.72. The molecule has 5 N–H and O–H groups in total. The second kappa shape index (κ2) is 12.5. The molecule has 0 bridgehead atoms. The third-order valence-corrected chi connectivity index (χ3v) is 7.49. The summed E-state index contributed by atoms with van der Waals surface area (Å²) in [4.78, 5) is 16.4. The van der Waals surface area contributed by atoms with Gasteiger partial charge in [-0.05, 0) is 44.4 Å². The molecule has 0 radical (unpaired) electrons. The van der Waals surface area contributed by atoms with Crippen molar-refractivity contribution in [1.29, 1.82) is 0 Å². The number of carbonyl (C=O) groups is 1. The van der Waals surface area contributed by atoms with Crippen LogP contribution in [0.5, 0.6) is 0 Å². The van der Waals surface area contributed by atoms with E-state index in [4.69, 9.17) is 0 Å². The highest BCUT2D eigenvalue weighted by molar-refractivity contribution is 5.78. The van der Waals surface area contributed by atoms with E-state index >= 15 is 0 Å². The second-order valence-electron chi connectivity index (χ2n) is 10.8. The smallest absolute Gasteiger partial charge is 0.225 e. The molecule has 7 heteroatoms. The van der Waals surface area contributed by atoms with Gasteiger partial charge in [0.25, 0.3) is 0 Å². The quantitative estimate of drug-likeness (QED) is 0.363. The summed E-state index contributed by atoms with van der Waals surface area (Å²) < 4.78 is 0. The molecule has 0 aromatic carbocycles. The van der Waals surface area contributed by atoms with Crippen molar-refractivity contribution in [3.8, 4) is 0 Å². The number of nitrogens with one attached hydrogen (secondary N) is 5. The topological polar surface area (TPSA) is 72.9 Å². The maximum absolute atomic E-state index is 13.0. The number of rotatable bonds is 9. The van der Waals surface area contributed by atoms with E-state index in [0.717, 1.165) is 57.7 Å². The molecule has 180 valence electrons. The van der Waals surface area contributed by atoms with Crippen LogP contribution >= 0.6 is 0 Å².